The molecule has 1 aromatic carbocycles. The van der Waals surface area contributed by atoms with Crippen LogP contribution >= 0.6 is 0 Å². The molecule has 3 aromatic rings. The number of pyridine rings is 1. The first-order valence-corrected chi connectivity index (χ1v) is 9.85. The number of aryl methyl sites for hydroxylation is 2. The van der Waals surface area contributed by atoms with Gasteiger partial charge in [-0.25, -0.2) is 9.67 Å². The molecule has 8 heteroatoms. The van der Waals surface area contributed by atoms with Crippen molar-refractivity contribution < 1.29 is 13.2 Å². The number of likely N-dealkylation sites (N-methyl/N-ethyl adjacent to an activating group) is 1. The lowest BCUT2D eigenvalue weighted by atomic mass is 9.92. The van der Waals surface area contributed by atoms with E-state index in [1.165, 1.54) is 12.5 Å². The van der Waals surface area contributed by atoms with Gasteiger partial charge >= 0.3 is 6.18 Å². The van der Waals surface area contributed by atoms with Gasteiger partial charge in [-0.2, -0.15) is 13.2 Å². The first-order valence-electron chi connectivity index (χ1n) is 9.85. The predicted molar refractivity (Wildman–Crippen MR) is 108 cm³/mol. The van der Waals surface area contributed by atoms with E-state index in [-0.39, 0.29) is 23.1 Å². The van der Waals surface area contributed by atoms with E-state index in [0.717, 1.165) is 35.5 Å². The highest BCUT2D eigenvalue weighted by Crippen LogP contribution is 2.30. The summed E-state index contributed by atoms with van der Waals surface area (Å²) in [6.45, 7) is 2.26. The van der Waals surface area contributed by atoms with E-state index in [1.807, 2.05) is 25.2 Å². The molecule has 0 saturated carbocycles. The van der Waals surface area contributed by atoms with Crippen LogP contribution in [0, 0.1) is 6.92 Å². The number of nitrogens with zero attached hydrogens (tertiary/aromatic N) is 3. The van der Waals surface area contributed by atoms with Gasteiger partial charge in [0.2, 0.25) is 0 Å². The van der Waals surface area contributed by atoms with Gasteiger partial charge in [0.05, 0.1) is 5.56 Å². The minimum absolute atomic E-state index is 0.0316. The predicted octanol–water partition coefficient (Wildman–Crippen LogP) is 3.88. The third kappa shape index (κ3) is 4.05. The van der Waals surface area contributed by atoms with E-state index in [0.29, 0.717) is 18.4 Å². The fraction of sp³-hybridized carbons (Fsp3) is 0.364. The number of hydrogen-bond acceptors (Lipinski definition) is 3. The van der Waals surface area contributed by atoms with Gasteiger partial charge in [-0.3, -0.25) is 14.8 Å². The van der Waals surface area contributed by atoms with Gasteiger partial charge in [-0.05, 0) is 50.9 Å². The van der Waals surface area contributed by atoms with Gasteiger partial charge in [0.15, 0.2) is 5.82 Å². The molecule has 5 nitrogen and oxygen atoms in total. The molecular formula is C22H23F3N4O. The SMILES string of the molecule is Cc1cc(C(F)(F)F)cc(-n2[nH]c3c(c2=O)CC(N(C)Cc2ccccc2)CC3)n1. The number of nitrogens with one attached hydrogen (secondary N) is 1. The molecule has 0 radical (unpaired) electrons. The van der Waals surface area contributed by atoms with E-state index >= 15 is 0 Å². The Labute approximate surface area is 172 Å². The van der Waals surface area contributed by atoms with E-state index in [2.05, 4.69) is 27.1 Å². The number of halogens is 3. The zero-order valence-corrected chi connectivity index (χ0v) is 16.8. The molecule has 0 saturated heterocycles. The van der Waals surface area contributed by atoms with Crippen molar-refractivity contribution in [2.75, 3.05) is 7.05 Å². The third-order valence-corrected chi connectivity index (χ3v) is 5.63. The highest BCUT2D eigenvalue weighted by molar-refractivity contribution is 5.34. The van der Waals surface area contributed by atoms with Crippen molar-refractivity contribution >= 4 is 0 Å². The average Bonchev–Trinajstić information content (AvgIpc) is 3.04. The largest absolute Gasteiger partial charge is 0.416 e. The number of hydrogen-bond donors (Lipinski definition) is 1. The summed E-state index contributed by atoms with van der Waals surface area (Å²) in [4.78, 5) is 19.4. The molecule has 4 rings (SSSR count). The number of fused-ring (bicyclic) bond motifs is 1. The lowest BCUT2D eigenvalue weighted by Gasteiger charge is -2.30. The van der Waals surface area contributed by atoms with Crippen LogP contribution in [0.5, 0.6) is 0 Å². The summed E-state index contributed by atoms with van der Waals surface area (Å²) in [6, 6.07) is 12.2. The number of alkyl halides is 3. The van der Waals surface area contributed by atoms with E-state index < -0.39 is 11.7 Å². The number of rotatable bonds is 4. The number of benzene rings is 1. The summed E-state index contributed by atoms with van der Waals surface area (Å²) in [5, 5.41) is 2.99. The molecule has 1 unspecified atom stereocenters. The Morgan fingerprint density at radius 3 is 2.67 bits per heavy atom. The minimum atomic E-state index is -4.50. The third-order valence-electron chi connectivity index (χ3n) is 5.63. The van der Waals surface area contributed by atoms with Crippen molar-refractivity contribution in [3.8, 4) is 5.82 Å². The van der Waals surface area contributed by atoms with E-state index in [4.69, 9.17) is 0 Å². The maximum absolute atomic E-state index is 13.2. The Balaban J connectivity index is 1.61. The smallest absolute Gasteiger partial charge is 0.299 e. The number of aromatic amines is 1. The molecule has 1 aliphatic carbocycles. The summed E-state index contributed by atoms with van der Waals surface area (Å²) in [5.41, 5.74) is 1.67. The van der Waals surface area contributed by atoms with Crippen LogP contribution in [0.4, 0.5) is 13.2 Å². The van der Waals surface area contributed by atoms with Crippen LogP contribution in [-0.2, 0) is 25.6 Å². The zero-order valence-electron chi connectivity index (χ0n) is 16.8. The Bertz CT molecular complexity index is 1100. The van der Waals surface area contributed by atoms with Crippen LogP contribution in [0.3, 0.4) is 0 Å². The lowest BCUT2D eigenvalue weighted by Crippen LogP contribution is -2.37. The van der Waals surface area contributed by atoms with Crippen molar-refractivity contribution in [3.63, 3.8) is 0 Å². The molecule has 0 bridgehead atoms. The summed E-state index contributed by atoms with van der Waals surface area (Å²) in [7, 11) is 2.03. The molecule has 30 heavy (non-hydrogen) atoms. The monoisotopic (exact) mass is 416 g/mol. The molecule has 158 valence electrons. The standard InChI is InChI=1S/C22H23F3N4O/c1-14-10-16(22(23,24)25)11-20(26-14)29-21(30)18-12-17(8-9-19(18)27-29)28(2)13-15-6-4-3-5-7-15/h3-7,10-11,17,27H,8-9,12-13H2,1-2H3. The topological polar surface area (TPSA) is 53.9 Å². The summed E-state index contributed by atoms with van der Waals surface area (Å²) < 4.78 is 40.7. The van der Waals surface area contributed by atoms with Crippen molar-refractivity contribution in [1.82, 2.24) is 19.7 Å². The van der Waals surface area contributed by atoms with Gasteiger partial charge in [0.1, 0.15) is 0 Å². The Kier molecular flexibility index (Phi) is 5.27. The second-order valence-corrected chi connectivity index (χ2v) is 7.86. The quantitative estimate of drug-likeness (QED) is 0.702. The summed E-state index contributed by atoms with van der Waals surface area (Å²) in [6.07, 6.45) is -2.41. The molecule has 0 aliphatic heterocycles. The van der Waals surface area contributed by atoms with Crippen LogP contribution in [-0.4, -0.2) is 32.8 Å². The lowest BCUT2D eigenvalue weighted by molar-refractivity contribution is -0.137. The molecule has 1 N–H and O–H groups in total. The zero-order chi connectivity index (χ0) is 21.5. The second kappa shape index (κ2) is 7.75. The minimum Gasteiger partial charge on any atom is -0.299 e. The first-order chi connectivity index (χ1) is 14.2. The van der Waals surface area contributed by atoms with E-state index in [1.54, 1.807) is 0 Å². The second-order valence-electron chi connectivity index (χ2n) is 7.86. The van der Waals surface area contributed by atoms with Crippen molar-refractivity contribution in [2.24, 2.45) is 0 Å². The molecule has 2 heterocycles. The Hall–Kier alpha value is -2.87. The fourth-order valence-corrected chi connectivity index (χ4v) is 4.05. The highest BCUT2D eigenvalue weighted by atomic mass is 19.4. The fourth-order valence-electron chi connectivity index (χ4n) is 4.05. The number of H-pyrrole nitrogens is 1. The van der Waals surface area contributed by atoms with Gasteiger partial charge in [0.25, 0.3) is 5.56 Å². The van der Waals surface area contributed by atoms with Crippen molar-refractivity contribution in [2.45, 2.75) is 44.9 Å². The molecule has 0 fully saturated rings. The van der Waals surface area contributed by atoms with Gasteiger partial charge in [-0.1, -0.05) is 30.3 Å². The average molecular weight is 416 g/mol. The normalized spacial score (nSPS) is 16.7. The summed E-state index contributed by atoms with van der Waals surface area (Å²) in [5.74, 6) is -0.0316. The maximum Gasteiger partial charge on any atom is 0.416 e. The van der Waals surface area contributed by atoms with Crippen LogP contribution in [0.1, 0.15) is 34.5 Å². The van der Waals surface area contributed by atoms with Crippen LogP contribution in [0.15, 0.2) is 47.3 Å². The molecule has 0 amide bonds. The van der Waals surface area contributed by atoms with E-state index in [9.17, 15) is 18.0 Å². The van der Waals surface area contributed by atoms with Crippen molar-refractivity contribution in [1.29, 1.82) is 0 Å². The van der Waals surface area contributed by atoms with Gasteiger partial charge in [-0.15, -0.1) is 0 Å². The molecule has 1 atom stereocenters. The first kappa shape index (κ1) is 20.4. The van der Waals surface area contributed by atoms with Gasteiger partial charge in [0, 0.05) is 29.5 Å². The highest BCUT2D eigenvalue weighted by Gasteiger charge is 2.32. The van der Waals surface area contributed by atoms with Crippen molar-refractivity contribution in [3.05, 3.63) is 80.9 Å². The van der Waals surface area contributed by atoms with Crippen LogP contribution in [0.2, 0.25) is 0 Å². The van der Waals surface area contributed by atoms with Crippen LogP contribution < -0.4 is 5.56 Å². The Morgan fingerprint density at radius 1 is 1.23 bits per heavy atom. The van der Waals surface area contributed by atoms with Gasteiger partial charge < -0.3 is 0 Å². The molecular weight excluding hydrogens is 393 g/mol. The molecule has 0 spiro atoms. The molecule has 2 aromatic heterocycles. The maximum atomic E-state index is 13.2. The molecule has 1 aliphatic rings. The summed E-state index contributed by atoms with van der Waals surface area (Å²) >= 11 is 0. The Morgan fingerprint density at radius 2 is 1.97 bits per heavy atom. The van der Waals surface area contributed by atoms with Crippen LogP contribution in [0.25, 0.3) is 5.82 Å². The number of aromatic nitrogens is 3.